The van der Waals surface area contributed by atoms with Crippen LogP contribution in [-0.2, 0) is 4.79 Å². The van der Waals surface area contributed by atoms with E-state index in [9.17, 15) is 9.59 Å². The minimum Gasteiger partial charge on any atom is -0.497 e. The number of benzene rings is 2. The summed E-state index contributed by atoms with van der Waals surface area (Å²) in [6.07, 6.45) is 0. The van der Waals surface area contributed by atoms with Gasteiger partial charge in [-0.25, -0.2) is 0 Å². The fourth-order valence-corrected chi connectivity index (χ4v) is 2.59. The van der Waals surface area contributed by atoms with Crippen molar-refractivity contribution >= 4 is 33.3 Å². The SMILES string of the molecule is COc1ccc(C(=O)c2cc(Br)c(OC)cc2NC(C)=O)cc1. The summed E-state index contributed by atoms with van der Waals surface area (Å²) in [5.74, 6) is 0.720. The zero-order valence-corrected chi connectivity index (χ0v) is 14.6. The summed E-state index contributed by atoms with van der Waals surface area (Å²) in [6.45, 7) is 1.39. The molecule has 0 spiro atoms. The molecule has 0 aromatic heterocycles. The third-order valence-corrected chi connectivity index (χ3v) is 3.82. The van der Waals surface area contributed by atoms with Crippen LogP contribution >= 0.6 is 15.9 Å². The van der Waals surface area contributed by atoms with E-state index >= 15 is 0 Å². The van der Waals surface area contributed by atoms with Gasteiger partial charge in [-0.15, -0.1) is 0 Å². The second-order valence-corrected chi connectivity index (χ2v) is 5.63. The highest BCUT2D eigenvalue weighted by Gasteiger charge is 2.18. The van der Waals surface area contributed by atoms with Gasteiger partial charge in [0, 0.05) is 24.1 Å². The molecule has 0 radical (unpaired) electrons. The number of rotatable bonds is 5. The van der Waals surface area contributed by atoms with Gasteiger partial charge >= 0.3 is 0 Å². The first kappa shape index (κ1) is 17.0. The summed E-state index contributed by atoms with van der Waals surface area (Å²) in [5.41, 5.74) is 1.27. The molecule has 0 fully saturated rings. The molecule has 6 heteroatoms. The van der Waals surface area contributed by atoms with Gasteiger partial charge in [0.25, 0.3) is 0 Å². The van der Waals surface area contributed by atoms with Crippen LogP contribution in [0.25, 0.3) is 0 Å². The highest BCUT2D eigenvalue weighted by atomic mass is 79.9. The number of nitrogens with one attached hydrogen (secondary N) is 1. The number of halogens is 1. The molecule has 0 aliphatic heterocycles. The molecule has 120 valence electrons. The molecule has 0 saturated heterocycles. The van der Waals surface area contributed by atoms with Crippen molar-refractivity contribution in [2.24, 2.45) is 0 Å². The van der Waals surface area contributed by atoms with Crippen LogP contribution in [0.15, 0.2) is 40.9 Å². The standard InChI is InChI=1S/C17H16BrNO4/c1-10(20)19-15-9-16(23-3)14(18)8-13(15)17(21)11-4-6-12(22-2)7-5-11/h4-9H,1-3H3,(H,19,20). The van der Waals surface area contributed by atoms with Crippen LogP contribution < -0.4 is 14.8 Å². The van der Waals surface area contributed by atoms with E-state index < -0.39 is 0 Å². The van der Waals surface area contributed by atoms with E-state index in [-0.39, 0.29) is 11.7 Å². The Bertz CT molecular complexity index is 741. The Labute approximate surface area is 142 Å². The first-order chi connectivity index (χ1) is 11.0. The van der Waals surface area contributed by atoms with Gasteiger partial charge < -0.3 is 14.8 Å². The first-order valence-electron chi connectivity index (χ1n) is 6.80. The normalized spacial score (nSPS) is 10.1. The van der Waals surface area contributed by atoms with Crippen LogP contribution in [0.3, 0.4) is 0 Å². The maximum atomic E-state index is 12.7. The highest BCUT2D eigenvalue weighted by Crippen LogP contribution is 2.33. The molecule has 0 saturated carbocycles. The summed E-state index contributed by atoms with van der Waals surface area (Å²) in [5, 5.41) is 2.66. The lowest BCUT2D eigenvalue weighted by Gasteiger charge is -2.13. The number of ketones is 1. The average molecular weight is 378 g/mol. The second-order valence-electron chi connectivity index (χ2n) is 4.77. The van der Waals surface area contributed by atoms with E-state index in [2.05, 4.69) is 21.2 Å². The predicted molar refractivity (Wildman–Crippen MR) is 91.4 cm³/mol. The Morgan fingerprint density at radius 3 is 2.22 bits per heavy atom. The molecule has 2 rings (SSSR count). The van der Waals surface area contributed by atoms with Crippen LogP contribution in [0.1, 0.15) is 22.8 Å². The highest BCUT2D eigenvalue weighted by molar-refractivity contribution is 9.10. The minimum atomic E-state index is -0.266. The number of anilines is 1. The zero-order chi connectivity index (χ0) is 17.0. The third kappa shape index (κ3) is 3.90. The Morgan fingerprint density at radius 1 is 1.04 bits per heavy atom. The van der Waals surface area contributed by atoms with Crippen molar-refractivity contribution in [2.45, 2.75) is 6.92 Å². The van der Waals surface area contributed by atoms with E-state index in [0.29, 0.717) is 32.8 Å². The third-order valence-electron chi connectivity index (χ3n) is 3.20. The van der Waals surface area contributed by atoms with Gasteiger partial charge in [-0.05, 0) is 46.3 Å². The number of methoxy groups -OCH3 is 2. The van der Waals surface area contributed by atoms with Crippen LogP contribution in [0, 0.1) is 0 Å². The number of hydrogen-bond donors (Lipinski definition) is 1. The molecule has 23 heavy (non-hydrogen) atoms. The summed E-state index contributed by atoms with van der Waals surface area (Å²) < 4.78 is 10.9. The molecule has 1 N–H and O–H groups in total. The molecule has 0 aliphatic carbocycles. The first-order valence-corrected chi connectivity index (χ1v) is 7.59. The second kappa shape index (κ2) is 7.28. The van der Waals surface area contributed by atoms with Crippen molar-refractivity contribution in [3.63, 3.8) is 0 Å². The maximum Gasteiger partial charge on any atom is 0.221 e. The molecule has 0 bridgehead atoms. The Balaban J connectivity index is 2.48. The Kier molecular flexibility index (Phi) is 5.39. The van der Waals surface area contributed by atoms with Crippen LogP contribution in [-0.4, -0.2) is 25.9 Å². The average Bonchev–Trinajstić information content (AvgIpc) is 2.55. The lowest BCUT2D eigenvalue weighted by Crippen LogP contribution is -2.12. The van der Waals surface area contributed by atoms with Crippen molar-refractivity contribution in [3.8, 4) is 11.5 Å². The minimum absolute atomic E-state index is 0.209. The van der Waals surface area contributed by atoms with Gasteiger partial charge in [0.1, 0.15) is 11.5 Å². The lowest BCUT2D eigenvalue weighted by molar-refractivity contribution is -0.114. The van der Waals surface area contributed by atoms with E-state index in [1.807, 2.05) is 0 Å². The van der Waals surface area contributed by atoms with E-state index in [1.165, 1.54) is 14.0 Å². The number of ether oxygens (including phenoxy) is 2. The number of hydrogen-bond acceptors (Lipinski definition) is 4. The Hall–Kier alpha value is -2.34. The van der Waals surface area contributed by atoms with Gasteiger partial charge in [0.2, 0.25) is 5.91 Å². The maximum absolute atomic E-state index is 12.7. The molecular formula is C17H16BrNO4. The number of carbonyl (C=O) groups excluding carboxylic acids is 2. The smallest absolute Gasteiger partial charge is 0.221 e. The van der Waals surface area contributed by atoms with E-state index in [1.54, 1.807) is 43.5 Å². The fraction of sp³-hybridized carbons (Fsp3) is 0.176. The monoisotopic (exact) mass is 377 g/mol. The molecular weight excluding hydrogens is 362 g/mol. The summed E-state index contributed by atoms with van der Waals surface area (Å²) >= 11 is 3.36. The van der Waals surface area contributed by atoms with Crippen molar-refractivity contribution in [1.29, 1.82) is 0 Å². The lowest BCUT2D eigenvalue weighted by atomic mass is 10.0. The molecule has 1 amide bonds. The number of amides is 1. The number of carbonyl (C=O) groups is 2. The molecule has 2 aromatic carbocycles. The van der Waals surface area contributed by atoms with Crippen molar-refractivity contribution in [2.75, 3.05) is 19.5 Å². The van der Waals surface area contributed by atoms with Gasteiger partial charge in [0.15, 0.2) is 5.78 Å². The van der Waals surface area contributed by atoms with E-state index in [0.717, 1.165) is 0 Å². The van der Waals surface area contributed by atoms with Crippen molar-refractivity contribution in [3.05, 3.63) is 52.0 Å². The predicted octanol–water partition coefficient (Wildman–Crippen LogP) is 3.66. The van der Waals surface area contributed by atoms with Gasteiger partial charge in [-0.1, -0.05) is 0 Å². The van der Waals surface area contributed by atoms with E-state index in [4.69, 9.17) is 9.47 Å². The Morgan fingerprint density at radius 2 is 1.70 bits per heavy atom. The summed E-state index contributed by atoms with van der Waals surface area (Å²) in [4.78, 5) is 24.1. The fourth-order valence-electron chi connectivity index (χ4n) is 2.09. The van der Waals surface area contributed by atoms with Crippen molar-refractivity contribution in [1.82, 2.24) is 0 Å². The summed E-state index contributed by atoms with van der Waals surface area (Å²) in [6, 6.07) is 10.0. The molecule has 0 aliphatic rings. The van der Waals surface area contributed by atoms with Crippen molar-refractivity contribution < 1.29 is 19.1 Å². The molecule has 0 atom stereocenters. The van der Waals surface area contributed by atoms with Crippen LogP contribution in [0.4, 0.5) is 5.69 Å². The van der Waals surface area contributed by atoms with Gasteiger partial charge in [0.05, 0.1) is 24.4 Å². The largest absolute Gasteiger partial charge is 0.497 e. The molecule has 2 aromatic rings. The van der Waals surface area contributed by atoms with Gasteiger partial charge in [-0.2, -0.15) is 0 Å². The van der Waals surface area contributed by atoms with Gasteiger partial charge in [-0.3, -0.25) is 9.59 Å². The topological polar surface area (TPSA) is 64.6 Å². The molecule has 0 unspecified atom stereocenters. The quantitative estimate of drug-likeness (QED) is 0.807. The summed E-state index contributed by atoms with van der Waals surface area (Å²) in [7, 11) is 3.08. The molecule has 5 nitrogen and oxygen atoms in total. The van der Waals surface area contributed by atoms with Crippen LogP contribution in [0.2, 0.25) is 0 Å². The zero-order valence-electron chi connectivity index (χ0n) is 13.0. The van der Waals surface area contributed by atoms with Crippen LogP contribution in [0.5, 0.6) is 11.5 Å². The molecule has 0 heterocycles.